The SMILES string of the molecule is Cc1c(C)c([S+](c2ccccc2)c2ccccc2)c(OC(F)(F)F)c(OC(F)(F)F)c1OC(F)(F)F. The first kappa shape index (κ1) is 27.4. The molecular formula is C23H16F9O3S+. The van der Waals surface area contributed by atoms with E-state index < -0.39 is 57.7 Å². The molecule has 0 aromatic heterocycles. The van der Waals surface area contributed by atoms with Crippen molar-refractivity contribution in [2.24, 2.45) is 0 Å². The van der Waals surface area contributed by atoms with Crippen molar-refractivity contribution >= 4 is 10.9 Å². The Hall–Kier alpha value is -3.22. The minimum absolute atomic E-state index is 0.209. The first-order chi connectivity index (χ1) is 16.6. The monoisotopic (exact) mass is 543 g/mol. The lowest BCUT2D eigenvalue weighted by atomic mass is 10.1. The van der Waals surface area contributed by atoms with Gasteiger partial charge in [0.2, 0.25) is 16.4 Å². The normalized spacial score (nSPS) is 12.6. The maximum atomic E-state index is 13.5. The summed E-state index contributed by atoms with van der Waals surface area (Å²) in [6, 6.07) is 15.5. The molecule has 0 N–H and O–H groups in total. The van der Waals surface area contributed by atoms with Crippen molar-refractivity contribution in [2.75, 3.05) is 0 Å². The molecule has 13 heteroatoms. The van der Waals surface area contributed by atoms with Gasteiger partial charge in [0, 0.05) is 11.1 Å². The quantitative estimate of drug-likeness (QED) is 0.232. The van der Waals surface area contributed by atoms with Crippen molar-refractivity contribution in [3.05, 3.63) is 71.8 Å². The van der Waals surface area contributed by atoms with E-state index >= 15 is 0 Å². The van der Waals surface area contributed by atoms with Gasteiger partial charge in [-0.25, -0.2) is 0 Å². The van der Waals surface area contributed by atoms with Crippen LogP contribution in [0.1, 0.15) is 11.1 Å². The molecule has 0 fully saturated rings. The third-order valence-electron chi connectivity index (χ3n) is 4.68. The summed E-state index contributed by atoms with van der Waals surface area (Å²) in [6.45, 7) is 2.15. The smallest absolute Gasteiger partial charge is 0.401 e. The fourth-order valence-corrected chi connectivity index (χ4v) is 5.65. The van der Waals surface area contributed by atoms with Crippen molar-refractivity contribution in [3.63, 3.8) is 0 Å². The zero-order valence-electron chi connectivity index (χ0n) is 18.3. The predicted octanol–water partition coefficient (Wildman–Crippen LogP) is 8.09. The van der Waals surface area contributed by atoms with Crippen LogP contribution in [-0.2, 0) is 10.9 Å². The fourth-order valence-electron chi connectivity index (χ4n) is 3.27. The highest BCUT2D eigenvalue weighted by Gasteiger charge is 2.47. The zero-order valence-corrected chi connectivity index (χ0v) is 19.1. The van der Waals surface area contributed by atoms with Crippen LogP contribution >= 0.6 is 0 Å². The van der Waals surface area contributed by atoms with Crippen LogP contribution in [0.15, 0.2) is 75.4 Å². The molecular weight excluding hydrogens is 527 g/mol. The average Bonchev–Trinajstić information content (AvgIpc) is 2.76. The number of hydrogen-bond acceptors (Lipinski definition) is 3. The highest BCUT2D eigenvalue weighted by atomic mass is 32.2. The van der Waals surface area contributed by atoms with E-state index in [9.17, 15) is 39.5 Å². The molecule has 0 aliphatic heterocycles. The Labute approximate surface area is 201 Å². The van der Waals surface area contributed by atoms with E-state index in [0.717, 1.165) is 6.92 Å². The van der Waals surface area contributed by atoms with Gasteiger partial charge in [-0.3, -0.25) is 0 Å². The standard InChI is InChI=1S/C23H16F9O3S/c1-13-14(2)20(36(15-9-5-3-6-10-15)16-11-7-4-8-12-16)19(35-23(30,31)32)18(34-22(27,28)29)17(13)33-21(24,25)26/h3-12H,1-2H3/q+1. The topological polar surface area (TPSA) is 27.7 Å². The number of ether oxygens (including phenoxy) is 3. The summed E-state index contributed by atoms with van der Waals surface area (Å²) < 4.78 is 131. The predicted molar refractivity (Wildman–Crippen MR) is 111 cm³/mol. The molecule has 3 aromatic carbocycles. The van der Waals surface area contributed by atoms with Gasteiger partial charge in [0.05, 0.1) is 0 Å². The van der Waals surface area contributed by atoms with Gasteiger partial charge in [-0.2, -0.15) is 0 Å². The number of alkyl halides is 9. The van der Waals surface area contributed by atoms with Gasteiger partial charge < -0.3 is 14.2 Å². The molecule has 36 heavy (non-hydrogen) atoms. The van der Waals surface area contributed by atoms with Crippen molar-refractivity contribution < 1.29 is 53.7 Å². The van der Waals surface area contributed by atoms with Gasteiger partial charge in [0.25, 0.3) is 0 Å². The van der Waals surface area contributed by atoms with Gasteiger partial charge in [0.15, 0.2) is 15.5 Å². The molecule has 0 saturated heterocycles. The van der Waals surface area contributed by atoms with E-state index in [1.165, 1.54) is 31.2 Å². The maximum absolute atomic E-state index is 13.5. The van der Waals surface area contributed by atoms with Crippen LogP contribution in [0.3, 0.4) is 0 Å². The van der Waals surface area contributed by atoms with Crippen molar-refractivity contribution in [1.82, 2.24) is 0 Å². The molecule has 0 atom stereocenters. The molecule has 0 aliphatic carbocycles. The van der Waals surface area contributed by atoms with Crippen molar-refractivity contribution in [2.45, 2.75) is 47.6 Å². The maximum Gasteiger partial charge on any atom is 0.573 e. The molecule has 0 saturated carbocycles. The summed E-state index contributed by atoms with van der Waals surface area (Å²) in [6.07, 6.45) is -16.8. The largest absolute Gasteiger partial charge is 0.573 e. The molecule has 3 rings (SSSR count). The highest BCUT2D eigenvalue weighted by Crippen LogP contribution is 2.54. The van der Waals surface area contributed by atoms with Gasteiger partial charge in [-0.05, 0) is 38.1 Å². The summed E-state index contributed by atoms with van der Waals surface area (Å²) in [4.78, 5) is 0.275. The summed E-state index contributed by atoms with van der Waals surface area (Å²) >= 11 is 0. The lowest BCUT2D eigenvalue weighted by Crippen LogP contribution is -2.26. The van der Waals surface area contributed by atoms with Crippen molar-refractivity contribution in [3.8, 4) is 17.2 Å². The lowest BCUT2D eigenvalue weighted by molar-refractivity contribution is -0.294. The minimum Gasteiger partial charge on any atom is -0.401 e. The lowest BCUT2D eigenvalue weighted by Gasteiger charge is -2.24. The van der Waals surface area contributed by atoms with Crippen LogP contribution in [0.4, 0.5) is 39.5 Å². The van der Waals surface area contributed by atoms with Gasteiger partial charge in [-0.1, -0.05) is 36.4 Å². The number of rotatable bonds is 6. The third kappa shape index (κ3) is 6.71. The first-order valence-electron chi connectivity index (χ1n) is 9.86. The zero-order chi connectivity index (χ0) is 26.9. The molecule has 3 nitrogen and oxygen atoms in total. The van der Waals surface area contributed by atoms with Gasteiger partial charge in [-0.15, -0.1) is 39.5 Å². The van der Waals surface area contributed by atoms with Gasteiger partial charge >= 0.3 is 19.1 Å². The molecule has 0 heterocycles. The second-order valence-electron chi connectivity index (χ2n) is 7.14. The van der Waals surface area contributed by atoms with Crippen LogP contribution in [0, 0.1) is 13.8 Å². The van der Waals surface area contributed by atoms with Crippen LogP contribution in [0.2, 0.25) is 0 Å². The van der Waals surface area contributed by atoms with E-state index in [1.807, 2.05) is 0 Å². The summed E-state index contributed by atoms with van der Waals surface area (Å²) in [5.41, 5.74) is -0.723. The van der Waals surface area contributed by atoms with E-state index in [-0.39, 0.29) is 5.56 Å². The molecule has 0 aliphatic rings. The third-order valence-corrected chi connectivity index (χ3v) is 7.06. The Morgan fingerprint density at radius 2 is 0.861 bits per heavy atom. The second kappa shape index (κ2) is 10.0. The molecule has 0 radical (unpaired) electrons. The van der Waals surface area contributed by atoms with E-state index in [4.69, 9.17) is 0 Å². The van der Waals surface area contributed by atoms with Crippen LogP contribution < -0.4 is 14.2 Å². The van der Waals surface area contributed by atoms with Crippen LogP contribution in [0.5, 0.6) is 17.2 Å². The molecule has 0 unspecified atom stereocenters. The highest BCUT2D eigenvalue weighted by molar-refractivity contribution is 7.97. The second-order valence-corrected chi connectivity index (χ2v) is 9.11. The van der Waals surface area contributed by atoms with Gasteiger partial charge in [0.1, 0.15) is 10.9 Å². The molecule has 194 valence electrons. The Bertz CT molecular complexity index is 1150. The Morgan fingerprint density at radius 1 is 0.500 bits per heavy atom. The van der Waals surface area contributed by atoms with E-state index in [1.54, 1.807) is 36.4 Å². The molecule has 0 bridgehead atoms. The first-order valence-corrected chi connectivity index (χ1v) is 11.1. The number of hydrogen-bond donors (Lipinski definition) is 0. The minimum atomic E-state index is -5.68. The summed E-state index contributed by atoms with van der Waals surface area (Å²) in [7, 11) is -1.56. The Morgan fingerprint density at radius 3 is 1.25 bits per heavy atom. The average molecular weight is 543 g/mol. The fraction of sp³-hybridized carbons (Fsp3) is 0.217. The summed E-state index contributed by atoms with van der Waals surface area (Å²) in [5.74, 6) is -5.07. The Kier molecular flexibility index (Phi) is 7.63. The Balaban J connectivity index is 2.49. The molecule has 3 aromatic rings. The summed E-state index contributed by atoms with van der Waals surface area (Å²) in [5, 5.41) is 0. The number of benzene rings is 3. The molecule has 0 amide bonds. The van der Waals surface area contributed by atoms with Crippen molar-refractivity contribution in [1.29, 1.82) is 0 Å². The van der Waals surface area contributed by atoms with E-state index in [2.05, 4.69) is 14.2 Å². The van der Waals surface area contributed by atoms with E-state index in [0.29, 0.717) is 9.79 Å². The van der Waals surface area contributed by atoms with Crippen LogP contribution in [-0.4, -0.2) is 19.1 Å². The number of halogens is 9. The molecule has 0 spiro atoms. The van der Waals surface area contributed by atoms with Crippen LogP contribution in [0.25, 0.3) is 0 Å².